The molecule has 2 aromatic rings. The van der Waals surface area contributed by atoms with Crippen LogP contribution in [0, 0.1) is 18.8 Å². The first-order valence-electron chi connectivity index (χ1n) is 10.3. The van der Waals surface area contributed by atoms with Crippen LogP contribution in [0.25, 0.3) is 0 Å². The molecule has 5 nitrogen and oxygen atoms in total. The fraction of sp³-hybridized carbons (Fsp3) is 0.458. The van der Waals surface area contributed by atoms with Crippen LogP contribution in [0.5, 0.6) is 11.5 Å². The zero-order valence-electron chi connectivity index (χ0n) is 17.7. The van der Waals surface area contributed by atoms with Crippen LogP contribution in [0.15, 0.2) is 42.5 Å². The van der Waals surface area contributed by atoms with E-state index in [1.165, 1.54) is 16.7 Å². The van der Waals surface area contributed by atoms with E-state index in [9.17, 15) is 4.79 Å². The van der Waals surface area contributed by atoms with E-state index in [0.717, 1.165) is 37.7 Å². The second-order valence-corrected chi connectivity index (χ2v) is 8.27. The first-order chi connectivity index (χ1) is 14.0. The molecule has 0 radical (unpaired) electrons. The maximum Gasteiger partial charge on any atom is 0.219 e. The lowest BCUT2D eigenvalue weighted by atomic mass is 9.87. The van der Waals surface area contributed by atoms with Crippen molar-refractivity contribution in [3.05, 3.63) is 59.2 Å². The van der Waals surface area contributed by atoms with Gasteiger partial charge in [0.25, 0.3) is 0 Å². The number of nitrogens with zero attached hydrogens (tertiary/aromatic N) is 2. The number of amides is 1. The van der Waals surface area contributed by atoms with Crippen molar-refractivity contribution in [1.82, 2.24) is 9.80 Å². The molecule has 5 heteroatoms. The molecule has 0 spiro atoms. The Labute approximate surface area is 173 Å². The summed E-state index contributed by atoms with van der Waals surface area (Å²) in [5.74, 6) is 2.82. The van der Waals surface area contributed by atoms with Gasteiger partial charge in [0.1, 0.15) is 11.5 Å². The number of likely N-dealkylation sites (tertiary alicyclic amines) is 2. The number of rotatable bonds is 5. The molecule has 3 atom stereocenters. The van der Waals surface area contributed by atoms with Gasteiger partial charge in [-0.05, 0) is 30.0 Å². The van der Waals surface area contributed by atoms with E-state index in [4.69, 9.17) is 9.47 Å². The van der Waals surface area contributed by atoms with Gasteiger partial charge in [-0.3, -0.25) is 9.69 Å². The maximum atomic E-state index is 12.4. The van der Waals surface area contributed by atoms with E-state index in [-0.39, 0.29) is 11.9 Å². The predicted octanol–water partition coefficient (Wildman–Crippen LogP) is 3.66. The van der Waals surface area contributed by atoms with E-state index >= 15 is 0 Å². The van der Waals surface area contributed by atoms with E-state index < -0.39 is 0 Å². The van der Waals surface area contributed by atoms with Gasteiger partial charge in [-0.1, -0.05) is 30.3 Å². The SMILES string of the molecule is COc1ccc(CN2C[C@@H]3CN(C(C)=O)[C@@H](c4ccccc4C)[C@@H]3C2)c(OC)c1. The molecule has 0 aromatic heterocycles. The summed E-state index contributed by atoms with van der Waals surface area (Å²) in [6.07, 6.45) is 0. The van der Waals surface area contributed by atoms with Crippen LogP contribution in [0.1, 0.15) is 29.7 Å². The quantitative estimate of drug-likeness (QED) is 0.776. The third kappa shape index (κ3) is 3.71. The van der Waals surface area contributed by atoms with Crippen molar-refractivity contribution in [1.29, 1.82) is 0 Å². The van der Waals surface area contributed by atoms with Crippen molar-refractivity contribution < 1.29 is 14.3 Å². The minimum absolute atomic E-state index is 0.168. The van der Waals surface area contributed by atoms with Crippen LogP contribution in [-0.4, -0.2) is 49.6 Å². The van der Waals surface area contributed by atoms with E-state index in [1.54, 1.807) is 21.1 Å². The summed E-state index contributed by atoms with van der Waals surface area (Å²) in [5, 5.41) is 0. The first kappa shape index (κ1) is 19.8. The molecule has 154 valence electrons. The molecule has 29 heavy (non-hydrogen) atoms. The standard InChI is InChI=1S/C24H30N2O3/c1-16-7-5-6-8-21(16)24-22-15-25(13-19(22)14-26(24)17(2)27)12-18-9-10-20(28-3)11-23(18)29-4/h5-11,19,22,24H,12-15H2,1-4H3/t19-,22-,24+/m1/s1. The number of aryl methyl sites for hydroxylation is 1. The van der Waals surface area contributed by atoms with Gasteiger partial charge in [0.15, 0.2) is 0 Å². The Morgan fingerprint density at radius 2 is 1.86 bits per heavy atom. The summed E-state index contributed by atoms with van der Waals surface area (Å²) in [4.78, 5) is 17.0. The summed E-state index contributed by atoms with van der Waals surface area (Å²) in [7, 11) is 3.37. The minimum atomic E-state index is 0.168. The van der Waals surface area contributed by atoms with Gasteiger partial charge >= 0.3 is 0 Å². The monoisotopic (exact) mass is 394 g/mol. The second-order valence-electron chi connectivity index (χ2n) is 8.27. The highest BCUT2D eigenvalue weighted by Crippen LogP contribution is 2.46. The second kappa shape index (κ2) is 8.07. The molecule has 0 bridgehead atoms. The van der Waals surface area contributed by atoms with Crippen LogP contribution < -0.4 is 9.47 Å². The summed E-state index contributed by atoms with van der Waals surface area (Å²) in [6.45, 7) is 7.53. The van der Waals surface area contributed by atoms with Gasteiger partial charge in [0, 0.05) is 50.7 Å². The fourth-order valence-corrected chi connectivity index (χ4v) is 5.13. The molecule has 0 N–H and O–H groups in total. The zero-order valence-corrected chi connectivity index (χ0v) is 17.7. The fourth-order valence-electron chi connectivity index (χ4n) is 5.13. The van der Waals surface area contributed by atoms with Crippen molar-refractivity contribution in [3.63, 3.8) is 0 Å². The molecule has 2 aromatic carbocycles. The Bertz CT molecular complexity index is 897. The molecule has 0 unspecified atom stereocenters. The molecule has 0 aliphatic carbocycles. The van der Waals surface area contributed by atoms with E-state index in [2.05, 4.69) is 47.1 Å². The number of hydrogen-bond donors (Lipinski definition) is 0. The van der Waals surface area contributed by atoms with Crippen molar-refractivity contribution in [2.75, 3.05) is 33.9 Å². The number of carbonyl (C=O) groups excluding carboxylic acids is 1. The van der Waals surface area contributed by atoms with Crippen molar-refractivity contribution in [2.24, 2.45) is 11.8 Å². The Morgan fingerprint density at radius 3 is 2.55 bits per heavy atom. The van der Waals surface area contributed by atoms with Gasteiger partial charge in [-0.25, -0.2) is 0 Å². The molecule has 0 saturated carbocycles. The Hall–Kier alpha value is -2.53. The number of methoxy groups -OCH3 is 2. The smallest absolute Gasteiger partial charge is 0.219 e. The molecular weight excluding hydrogens is 364 g/mol. The highest BCUT2D eigenvalue weighted by Gasteiger charge is 2.48. The largest absolute Gasteiger partial charge is 0.497 e. The molecule has 2 heterocycles. The Morgan fingerprint density at radius 1 is 1.07 bits per heavy atom. The third-order valence-electron chi connectivity index (χ3n) is 6.54. The highest BCUT2D eigenvalue weighted by molar-refractivity contribution is 5.74. The lowest BCUT2D eigenvalue weighted by molar-refractivity contribution is -0.130. The van der Waals surface area contributed by atoms with Crippen molar-refractivity contribution in [2.45, 2.75) is 26.4 Å². The normalized spacial score (nSPS) is 23.9. The molecule has 2 saturated heterocycles. The number of hydrogen-bond acceptors (Lipinski definition) is 4. The van der Waals surface area contributed by atoms with Gasteiger partial charge in [-0.2, -0.15) is 0 Å². The average Bonchev–Trinajstić information content (AvgIpc) is 3.26. The van der Waals surface area contributed by atoms with Crippen LogP contribution >= 0.6 is 0 Å². The van der Waals surface area contributed by atoms with Crippen LogP contribution in [0.3, 0.4) is 0 Å². The molecule has 2 aliphatic heterocycles. The first-order valence-corrected chi connectivity index (χ1v) is 10.3. The zero-order chi connectivity index (χ0) is 20.5. The molecule has 2 aliphatic rings. The number of benzene rings is 2. The topological polar surface area (TPSA) is 42.0 Å². The van der Waals surface area contributed by atoms with Gasteiger partial charge < -0.3 is 14.4 Å². The van der Waals surface area contributed by atoms with Gasteiger partial charge in [-0.15, -0.1) is 0 Å². The average molecular weight is 395 g/mol. The van der Waals surface area contributed by atoms with E-state index in [1.807, 2.05) is 12.1 Å². The third-order valence-corrected chi connectivity index (χ3v) is 6.54. The lowest BCUT2D eigenvalue weighted by Gasteiger charge is -2.30. The number of fused-ring (bicyclic) bond motifs is 1. The molecule has 1 amide bonds. The van der Waals surface area contributed by atoms with Gasteiger partial charge in [0.05, 0.1) is 20.3 Å². The van der Waals surface area contributed by atoms with Crippen LogP contribution in [0.4, 0.5) is 0 Å². The van der Waals surface area contributed by atoms with Crippen LogP contribution in [0.2, 0.25) is 0 Å². The van der Waals surface area contributed by atoms with Gasteiger partial charge in [0.2, 0.25) is 5.91 Å². The molecular formula is C24H30N2O3. The summed E-state index contributed by atoms with van der Waals surface area (Å²) >= 11 is 0. The molecule has 4 rings (SSSR count). The Kier molecular flexibility index (Phi) is 5.50. The van der Waals surface area contributed by atoms with E-state index in [0.29, 0.717) is 11.8 Å². The number of carbonyl (C=O) groups is 1. The maximum absolute atomic E-state index is 12.4. The van der Waals surface area contributed by atoms with Crippen LogP contribution in [-0.2, 0) is 11.3 Å². The van der Waals surface area contributed by atoms with Crippen molar-refractivity contribution in [3.8, 4) is 11.5 Å². The summed E-state index contributed by atoms with van der Waals surface area (Å²) in [5.41, 5.74) is 3.72. The predicted molar refractivity (Wildman–Crippen MR) is 113 cm³/mol. The number of ether oxygens (including phenoxy) is 2. The summed E-state index contributed by atoms with van der Waals surface area (Å²) in [6, 6.07) is 14.7. The highest BCUT2D eigenvalue weighted by atomic mass is 16.5. The summed E-state index contributed by atoms with van der Waals surface area (Å²) < 4.78 is 10.9. The minimum Gasteiger partial charge on any atom is -0.497 e. The molecule has 2 fully saturated rings. The lowest BCUT2D eigenvalue weighted by Crippen LogP contribution is -2.34. The Balaban J connectivity index is 1.56. The van der Waals surface area contributed by atoms with Crippen molar-refractivity contribution >= 4 is 5.91 Å².